The van der Waals surface area contributed by atoms with Crippen molar-refractivity contribution in [3.63, 3.8) is 0 Å². The number of imidazole rings is 1. The third-order valence-electron chi connectivity index (χ3n) is 3.94. The average molecular weight is 408 g/mol. The molecule has 0 aliphatic carbocycles. The predicted octanol–water partition coefficient (Wildman–Crippen LogP) is 5.02. The van der Waals surface area contributed by atoms with Gasteiger partial charge in [0.25, 0.3) is 0 Å². The normalized spacial score (nSPS) is 11.2. The molecular formula is C21H21N5S2. The number of aliphatic imine (C=N–C) groups is 1. The molecule has 0 unspecified atom stereocenters. The third-order valence-corrected chi connectivity index (χ3v) is 5.52. The smallest absolute Gasteiger partial charge is 0.183 e. The molecule has 1 heterocycles. The number of amidine groups is 1. The number of H-pyrrole nitrogens is 1. The highest BCUT2D eigenvalue weighted by Crippen LogP contribution is 2.32. The van der Waals surface area contributed by atoms with Crippen molar-refractivity contribution in [1.82, 2.24) is 15.3 Å². The van der Waals surface area contributed by atoms with Crippen LogP contribution in [0, 0.1) is 11.5 Å². The third kappa shape index (κ3) is 5.41. The lowest BCUT2D eigenvalue weighted by Crippen LogP contribution is -2.13. The van der Waals surface area contributed by atoms with Crippen molar-refractivity contribution in [2.75, 3.05) is 18.6 Å². The molecule has 5 nitrogen and oxygen atoms in total. The second-order valence-corrected chi connectivity index (χ2v) is 7.71. The van der Waals surface area contributed by atoms with Gasteiger partial charge in [0.2, 0.25) is 0 Å². The molecule has 0 amide bonds. The van der Waals surface area contributed by atoms with E-state index in [0.29, 0.717) is 11.7 Å². The molecule has 2 aromatic carbocycles. The van der Waals surface area contributed by atoms with Crippen molar-refractivity contribution in [2.45, 2.75) is 11.6 Å². The van der Waals surface area contributed by atoms with Crippen molar-refractivity contribution in [3.8, 4) is 28.7 Å². The Balaban J connectivity index is 1.71. The molecule has 7 heteroatoms. The highest BCUT2D eigenvalue weighted by Gasteiger charge is 2.14. The first-order chi connectivity index (χ1) is 13.8. The lowest BCUT2D eigenvalue weighted by Gasteiger charge is -2.02. The molecule has 0 atom stereocenters. The maximum atomic E-state index is 8.66. The summed E-state index contributed by atoms with van der Waals surface area (Å²) in [6.07, 6.45) is 4.71. The van der Waals surface area contributed by atoms with Gasteiger partial charge in [-0.3, -0.25) is 10.3 Å². The van der Waals surface area contributed by atoms with E-state index in [9.17, 15) is 0 Å². The fourth-order valence-electron chi connectivity index (χ4n) is 2.66. The van der Waals surface area contributed by atoms with Crippen LogP contribution in [0.25, 0.3) is 22.5 Å². The Kier molecular flexibility index (Phi) is 7.59. The number of rotatable bonds is 7. The second-order valence-electron chi connectivity index (χ2n) is 5.83. The maximum absolute atomic E-state index is 8.66. The molecule has 28 heavy (non-hydrogen) atoms. The topological polar surface area (TPSA) is 76.9 Å². The van der Waals surface area contributed by atoms with Crippen LogP contribution in [0.1, 0.15) is 6.42 Å². The molecule has 0 fully saturated rings. The van der Waals surface area contributed by atoms with E-state index in [1.54, 1.807) is 11.8 Å². The van der Waals surface area contributed by atoms with Gasteiger partial charge < -0.3 is 4.98 Å². The van der Waals surface area contributed by atoms with Gasteiger partial charge in [-0.15, -0.1) is 0 Å². The van der Waals surface area contributed by atoms with E-state index in [4.69, 9.17) is 10.2 Å². The standard InChI is InChI=1S/C21H21N5S2/c1-27-20(24-15-22)23-13-8-14-28-21-25-18(16-9-4-2-5-10-16)19(26-21)17-11-6-3-7-12-17/h2-7,9-12H,8,13-14H2,1H3,(H,23,24)(H,25,26). The van der Waals surface area contributed by atoms with Crippen molar-refractivity contribution < 1.29 is 0 Å². The summed E-state index contributed by atoms with van der Waals surface area (Å²) in [5.41, 5.74) is 4.23. The highest BCUT2D eigenvalue weighted by molar-refractivity contribution is 8.13. The number of hydrogen-bond donors (Lipinski definition) is 2. The number of nitrogens with one attached hydrogen (secondary N) is 2. The lowest BCUT2D eigenvalue weighted by molar-refractivity contribution is 0.934. The Hall–Kier alpha value is -2.69. The first-order valence-corrected chi connectivity index (χ1v) is 11.1. The summed E-state index contributed by atoms with van der Waals surface area (Å²) in [6, 6.07) is 20.5. The monoisotopic (exact) mass is 407 g/mol. The Morgan fingerprint density at radius 1 is 1.11 bits per heavy atom. The number of hydrogen-bond acceptors (Lipinski definition) is 5. The van der Waals surface area contributed by atoms with Crippen LogP contribution in [0.4, 0.5) is 0 Å². The summed E-state index contributed by atoms with van der Waals surface area (Å²) < 4.78 is 0. The van der Waals surface area contributed by atoms with Crippen LogP contribution in [0.2, 0.25) is 0 Å². The summed E-state index contributed by atoms with van der Waals surface area (Å²) in [6.45, 7) is 0.676. The summed E-state index contributed by atoms with van der Waals surface area (Å²) >= 11 is 3.13. The molecule has 0 saturated carbocycles. The van der Waals surface area contributed by atoms with Crippen molar-refractivity contribution in [3.05, 3.63) is 60.7 Å². The van der Waals surface area contributed by atoms with Gasteiger partial charge in [-0.2, -0.15) is 5.26 Å². The van der Waals surface area contributed by atoms with Gasteiger partial charge in [-0.25, -0.2) is 4.98 Å². The molecule has 1 aromatic heterocycles. The van der Waals surface area contributed by atoms with E-state index in [-0.39, 0.29) is 0 Å². The van der Waals surface area contributed by atoms with E-state index in [1.807, 2.05) is 48.8 Å². The first-order valence-electron chi connectivity index (χ1n) is 8.89. The zero-order valence-corrected chi connectivity index (χ0v) is 17.2. The summed E-state index contributed by atoms with van der Waals surface area (Å²) in [5, 5.41) is 12.8. The first kappa shape index (κ1) is 20.1. The highest BCUT2D eigenvalue weighted by atomic mass is 32.2. The zero-order chi connectivity index (χ0) is 19.6. The Bertz CT molecular complexity index is 889. The zero-order valence-electron chi connectivity index (χ0n) is 15.6. The lowest BCUT2D eigenvalue weighted by atomic mass is 10.1. The number of nitrogens with zero attached hydrogens (tertiary/aromatic N) is 3. The van der Waals surface area contributed by atoms with E-state index in [1.165, 1.54) is 11.8 Å². The Morgan fingerprint density at radius 2 is 1.79 bits per heavy atom. The number of benzene rings is 2. The number of nitriles is 1. The fourth-order valence-corrected chi connectivity index (χ4v) is 3.82. The van der Waals surface area contributed by atoms with Gasteiger partial charge in [0, 0.05) is 23.4 Å². The molecule has 3 rings (SSSR count). The minimum atomic E-state index is 0.656. The maximum Gasteiger partial charge on any atom is 0.183 e. The minimum absolute atomic E-state index is 0.656. The average Bonchev–Trinajstić information content (AvgIpc) is 3.18. The largest absolute Gasteiger partial charge is 0.332 e. The second kappa shape index (κ2) is 10.6. The SMILES string of the molecule is CSC(=NCCCSc1nc(-c2ccccc2)c(-c2ccccc2)[nH]1)NC#N. The van der Waals surface area contributed by atoms with Gasteiger partial charge in [0.15, 0.2) is 16.5 Å². The van der Waals surface area contributed by atoms with Gasteiger partial charge >= 0.3 is 0 Å². The summed E-state index contributed by atoms with van der Waals surface area (Å²) in [7, 11) is 0. The van der Waals surface area contributed by atoms with Crippen LogP contribution in [0.3, 0.4) is 0 Å². The summed E-state index contributed by atoms with van der Waals surface area (Å²) in [5.74, 6) is 0.897. The van der Waals surface area contributed by atoms with Crippen LogP contribution in [-0.4, -0.2) is 33.7 Å². The van der Waals surface area contributed by atoms with E-state index in [2.05, 4.69) is 39.6 Å². The molecule has 142 valence electrons. The van der Waals surface area contributed by atoms with E-state index in [0.717, 1.165) is 39.8 Å². The van der Waals surface area contributed by atoms with Crippen molar-refractivity contribution >= 4 is 28.7 Å². The Morgan fingerprint density at radius 3 is 2.43 bits per heavy atom. The number of aromatic amines is 1. The van der Waals surface area contributed by atoms with Crippen LogP contribution < -0.4 is 5.32 Å². The van der Waals surface area contributed by atoms with Crippen molar-refractivity contribution in [1.29, 1.82) is 5.26 Å². The van der Waals surface area contributed by atoms with Gasteiger partial charge in [0.1, 0.15) is 0 Å². The fraction of sp³-hybridized carbons (Fsp3) is 0.190. The van der Waals surface area contributed by atoms with E-state index >= 15 is 0 Å². The molecule has 0 aliphatic heterocycles. The van der Waals surface area contributed by atoms with Crippen molar-refractivity contribution in [2.24, 2.45) is 4.99 Å². The number of aromatic nitrogens is 2. The molecule has 3 aromatic rings. The van der Waals surface area contributed by atoms with E-state index < -0.39 is 0 Å². The van der Waals surface area contributed by atoms with Gasteiger partial charge in [-0.1, -0.05) is 84.2 Å². The van der Waals surface area contributed by atoms with Crippen LogP contribution >= 0.6 is 23.5 Å². The van der Waals surface area contributed by atoms with Crippen LogP contribution in [-0.2, 0) is 0 Å². The molecule has 0 spiro atoms. The Labute approximate surface area is 173 Å². The quantitative estimate of drug-likeness (QED) is 0.144. The molecule has 0 saturated heterocycles. The molecular weight excluding hydrogens is 386 g/mol. The molecule has 2 N–H and O–H groups in total. The van der Waals surface area contributed by atoms with Crippen LogP contribution in [0.15, 0.2) is 70.8 Å². The van der Waals surface area contributed by atoms with Gasteiger partial charge in [-0.05, 0) is 12.7 Å². The van der Waals surface area contributed by atoms with Gasteiger partial charge in [0.05, 0.1) is 11.4 Å². The minimum Gasteiger partial charge on any atom is -0.332 e. The van der Waals surface area contributed by atoms with Crippen LogP contribution in [0.5, 0.6) is 0 Å². The summed E-state index contributed by atoms with van der Waals surface area (Å²) in [4.78, 5) is 12.7. The molecule has 0 radical (unpaired) electrons. The molecule has 0 aliphatic rings. The molecule has 0 bridgehead atoms. The number of thioether (sulfide) groups is 2. The predicted molar refractivity (Wildman–Crippen MR) is 119 cm³/mol.